The van der Waals surface area contributed by atoms with E-state index < -0.39 is 0 Å². The molecule has 0 heterocycles. The molecule has 0 saturated carbocycles. The maximum absolute atomic E-state index is 12.3. The van der Waals surface area contributed by atoms with Gasteiger partial charge in [0.15, 0.2) is 0 Å². The van der Waals surface area contributed by atoms with E-state index in [1.54, 1.807) is 56.7 Å². The number of hydrogen-bond donors (Lipinski definition) is 1. The summed E-state index contributed by atoms with van der Waals surface area (Å²) in [5.41, 5.74) is 1.07. The lowest BCUT2D eigenvalue weighted by Gasteiger charge is -2.24. The molecular formula is C20H24N2O5. The largest absolute Gasteiger partial charge is 0.497 e. The predicted molar refractivity (Wildman–Crippen MR) is 103 cm³/mol. The van der Waals surface area contributed by atoms with Gasteiger partial charge in [-0.2, -0.15) is 0 Å². The maximum Gasteiger partial charge on any atom is 0.251 e. The molecule has 0 aliphatic heterocycles. The second-order valence-electron chi connectivity index (χ2n) is 5.70. The lowest BCUT2D eigenvalue weighted by molar-refractivity contribution is -0.116. The fourth-order valence-corrected chi connectivity index (χ4v) is 2.60. The summed E-state index contributed by atoms with van der Waals surface area (Å²) in [7, 11) is 4.63. The van der Waals surface area contributed by atoms with Gasteiger partial charge in [-0.05, 0) is 30.3 Å². The monoisotopic (exact) mass is 372 g/mol. The van der Waals surface area contributed by atoms with Crippen molar-refractivity contribution in [1.29, 1.82) is 0 Å². The molecule has 0 atom stereocenters. The summed E-state index contributed by atoms with van der Waals surface area (Å²) < 4.78 is 15.7. The SMILES string of the molecule is COc1cccc(C(=O)NCCN(C(C)=O)c2cc(OC)ccc2OC)c1. The van der Waals surface area contributed by atoms with Crippen LogP contribution in [-0.4, -0.2) is 46.2 Å². The molecular weight excluding hydrogens is 348 g/mol. The van der Waals surface area contributed by atoms with Crippen LogP contribution in [0.2, 0.25) is 0 Å². The summed E-state index contributed by atoms with van der Waals surface area (Å²) in [5.74, 6) is 1.35. The number of amides is 2. The molecule has 0 bridgehead atoms. The molecule has 7 heteroatoms. The van der Waals surface area contributed by atoms with E-state index in [0.717, 1.165) is 0 Å². The zero-order chi connectivity index (χ0) is 19.8. The third-order valence-corrected chi connectivity index (χ3v) is 4.01. The minimum absolute atomic E-state index is 0.169. The molecule has 2 aromatic rings. The van der Waals surface area contributed by atoms with Gasteiger partial charge in [-0.1, -0.05) is 6.07 Å². The van der Waals surface area contributed by atoms with Gasteiger partial charge in [-0.3, -0.25) is 9.59 Å². The first-order chi connectivity index (χ1) is 13.0. The molecule has 0 aliphatic carbocycles. The van der Waals surface area contributed by atoms with E-state index in [1.165, 1.54) is 18.9 Å². The van der Waals surface area contributed by atoms with Gasteiger partial charge in [-0.15, -0.1) is 0 Å². The van der Waals surface area contributed by atoms with Gasteiger partial charge in [0.05, 0.1) is 27.0 Å². The first-order valence-corrected chi connectivity index (χ1v) is 8.42. The summed E-state index contributed by atoms with van der Waals surface area (Å²) in [6.45, 7) is 2.02. The third-order valence-electron chi connectivity index (χ3n) is 4.01. The van der Waals surface area contributed by atoms with Gasteiger partial charge >= 0.3 is 0 Å². The molecule has 0 aliphatic rings. The van der Waals surface area contributed by atoms with Gasteiger partial charge in [0.25, 0.3) is 5.91 Å². The van der Waals surface area contributed by atoms with Crippen LogP contribution in [0.3, 0.4) is 0 Å². The lowest BCUT2D eigenvalue weighted by atomic mass is 10.2. The van der Waals surface area contributed by atoms with Crippen LogP contribution in [0.25, 0.3) is 0 Å². The first kappa shape index (κ1) is 20.1. The smallest absolute Gasteiger partial charge is 0.251 e. The normalized spacial score (nSPS) is 10.1. The standard InChI is InChI=1S/C20H24N2O5/c1-14(23)22(18-13-17(26-3)8-9-19(18)27-4)11-10-21-20(24)15-6-5-7-16(12-15)25-2/h5-9,12-13H,10-11H2,1-4H3,(H,21,24). The number of carbonyl (C=O) groups is 2. The van der Waals surface area contributed by atoms with Crippen molar-refractivity contribution in [2.75, 3.05) is 39.3 Å². The summed E-state index contributed by atoms with van der Waals surface area (Å²) in [6, 6.07) is 12.1. The number of nitrogens with zero attached hydrogens (tertiary/aromatic N) is 1. The average Bonchev–Trinajstić information content (AvgIpc) is 2.70. The van der Waals surface area contributed by atoms with Crippen molar-refractivity contribution in [3.8, 4) is 17.2 Å². The van der Waals surface area contributed by atoms with Crippen LogP contribution in [0.5, 0.6) is 17.2 Å². The summed E-state index contributed by atoms with van der Waals surface area (Å²) in [5, 5.41) is 2.81. The first-order valence-electron chi connectivity index (χ1n) is 8.42. The number of anilines is 1. The molecule has 0 unspecified atom stereocenters. The van der Waals surface area contributed by atoms with Crippen LogP contribution in [0, 0.1) is 0 Å². The number of carbonyl (C=O) groups excluding carboxylic acids is 2. The van der Waals surface area contributed by atoms with Crippen LogP contribution in [0.4, 0.5) is 5.69 Å². The molecule has 0 spiro atoms. The highest BCUT2D eigenvalue weighted by atomic mass is 16.5. The number of rotatable bonds is 8. The lowest BCUT2D eigenvalue weighted by Crippen LogP contribution is -2.37. The van der Waals surface area contributed by atoms with Crippen molar-refractivity contribution in [2.45, 2.75) is 6.92 Å². The van der Waals surface area contributed by atoms with Crippen LogP contribution in [0.15, 0.2) is 42.5 Å². The fourth-order valence-electron chi connectivity index (χ4n) is 2.60. The molecule has 0 aromatic heterocycles. The van der Waals surface area contributed by atoms with Crippen LogP contribution >= 0.6 is 0 Å². The van der Waals surface area contributed by atoms with Crippen molar-refractivity contribution in [3.05, 3.63) is 48.0 Å². The predicted octanol–water partition coefficient (Wildman–Crippen LogP) is 2.50. The molecule has 144 valence electrons. The molecule has 1 N–H and O–H groups in total. The van der Waals surface area contributed by atoms with E-state index in [1.807, 2.05) is 0 Å². The highest BCUT2D eigenvalue weighted by Crippen LogP contribution is 2.32. The second kappa shape index (κ2) is 9.47. The quantitative estimate of drug-likeness (QED) is 0.770. The zero-order valence-electron chi connectivity index (χ0n) is 15.9. The Bertz CT molecular complexity index is 807. The molecule has 2 aromatic carbocycles. The van der Waals surface area contributed by atoms with Gasteiger partial charge in [-0.25, -0.2) is 0 Å². The van der Waals surface area contributed by atoms with E-state index in [4.69, 9.17) is 14.2 Å². The van der Waals surface area contributed by atoms with E-state index in [9.17, 15) is 9.59 Å². The number of benzene rings is 2. The van der Waals surface area contributed by atoms with Crippen LogP contribution in [-0.2, 0) is 4.79 Å². The Kier molecular flexibility index (Phi) is 7.05. The van der Waals surface area contributed by atoms with Crippen LogP contribution in [0.1, 0.15) is 17.3 Å². The van der Waals surface area contributed by atoms with Gasteiger partial charge in [0.1, 0.15) is 17.2 Å². The fraction of sp³-hybridized carbons (Fsp3) is 0.300. The summed E-state index contributed by atoms with van der Waals surface area (Å²) in [4.78, 5) is 26.0. The highest BCUT2D eigenvalue weighted by Gasteiger charge is 2.17. The Labute approximate surface area is 158 Å². The van der Waals surface area contributed by atoms with E-state index in [2.05, 4.69) is 5.32 Å². The molecule has 0 saturated heterocycles. The van der Waals surface area contributed by atoms with Crippen molar-refractivity contribution in [2.24, 2.45) is 0 Å². The number of ether oxygens (including phenoxy) is 3. The second-order valence-corrected chi connectivity index (χ2v) is 5.70. The van der Waals surface area contributed by atoms with Gasteiger partial charge in [0.2, 0.25) is 5.91 Å². The highest BCUT2D eigenvalue weighted by molar-refractivity contribution is 5.95. The Morgan fingerprint density at radius 2 is 1.67 bits per heavy atom. The number of methoxy groups -OCH3 is 3. The number of nitrogens with one attached hydrogen (secondary N) is 1. The van der Waals surface area contributed by atoms with Gasteiger partial charge < -0.3 is 24.4 Å². The Hall–Kier alpha value is -3.22. The van der Waals surface area contributed by atoms with Crippen molar-refractivity contribution in [3.63, 3.8) is 0 Å². The number of hydrogen-bond acceptors (Lipinski definition) is 5. The summed E-state index contributed by atoms with van der Waals surface area (Å²) >= 11 is 0. The van der Waals surface area contributed by atoms with Crippen molar-refractivity contribution >= 4 is 17.5 Å². The van der Waals surface area contributed by atoms with E-state index >= 15 is 0 Å². The maximum atomic E-state index is 12.3. The average molecular weight is 372 g/mol. The Morgan fingerprint density at radius 3 is 2.30 bits per heavy atom. The zero-order valence-corrected chi connectivity index (χ0v) is 15.9. The van der Waals surface area contributed by atoms with E-state index in [0.29, 0.717) is 28.5 Å². The third kappa shape index (κ3) is 5.13. The Balaban J connectivity index is 2.09. The molecule has 27 heavy (non-hydrogen) atoms. The van der Waals surface area contributed by atoms with Crippen LogP contribution < -0.4 is 24.4 Å². The molecule has 0 fully saturated rings. The summed E-state index contributed by atoms with van der Waals surface area (Å²) in [6.07, 6.45) is 0. The van der Waals surface area contributed by atoms with Gasteiger partial charge in [0, 0.05) is 31.6 Å². The molecule has 7 nitrogen and oxygen atoms in total. The Morgan fingerprint density at radius 1 is 0.963 bits per heavy atom. The van der Waals surface area contributed by atoms with E-state index in [-0.39, 0.29) is 24.9 Å². The molecule has 2 rings (SSSR count). The minimum atomic E-state index is -0.241. The topological polar surface area (TPSA) is 77.1 Å². The van der Waals surface area contributed by atoms with Crippen molar-refractivity contribution in [1.82, 2.24) is 5.32 Å². The van der Waals surface area contributed by atoms with Crippen molar-refractivity contribution < 1.29 is 23.8 Å². The molecule has 2 amide bonds. The molecule has 0 radical (unpaired) electrons. The minimum Gasteiger partial charge on any atom is -0.497 e.